The van der Waals surface area contributed by atoms with Crippen molar-refractivity contribution in [3.63, 3.8) is 0 Å². The van der Waals surface area contributed by atoms with Crippen molar-refractivity contribution < 1.29 is 22.0 Å². The van der Waals surface area contributed by atoms with Gasteiger partial charge in [0.25, 0.3) is 5.69 Å². The number of nitro groups is 1. The van der Waals surface area contributed by atoms with E-state index in [0.29, 0.717) is 25.2 Å². The SMILES string of the molecule is CCN(CC)c1ccc(/N=N/c2c(C#N)cc(S(=O)(=O)F)cc2[N+](=O)[O-])c(NC(C)=O)c1. The molecule has 13 heteroatoms. The molecule has 0 unspecified atom stereocenters. The Bertz CT molecular complexity index is 1240. The number of halogens is 1. The third-order valence-electron chi connectivity index (χ3n) is 4.34. The molecule has 0 aliphatic carbocycles. The summed E-state index contributed by atoms with van der Waals surface area (Å²) in [7, 11) is -5.29. The Hall–Kier alpha value is -3.92. The molecule has 168 valence electrons. The molecule has 0 spiro atoms. The lowest BCUT2D eigenvalue weighted by Crippen LogP contribution is -2.21. The first-order valence-electron chi connectivity index (χ1n) is 9.27. The van der Waals surface area contributed by atoms with Crippen molar-refractivity contribution >= 4 is 44.6 Å². The standard InChI is InChI=1S/C19H19FN6O5S/c1-4-25(5-2)14-6-7-16(17(9-14)22-12(3)27)23-24-19-13(11-21)8-15(32(20,30)31)10-18(19)26(28)29/h6-10H,4-5H2,1-3H3,(H,22,27)/b24-23+. The number of anilines is 2. The Balaban J connectivity index is 2.65. The van der Waals surface area contributed by atoms with Crippen LogP contribution in [0.1, 0.15) is 26.3 Å². The van der Waals surface area contributed by atoms with Crippen LogP contribution in [0, 0.1) is 21.4 Å². The van der Waals surface area contributed by atoms with Gasteiger partial charge < -0.3 is 10.2 Å². The third-order valence-corrected chi connectivity index (χ3v) is 5.14. The minimum Gasteiger partial charge on any atom is -0.372 e. The molecule has 32 heavy (non-hydrogen) atoms. The molecular weight excluding hydrogens is 443 g/mol. The summed E-state index contributed by atoms with van der Waals surface area (Å²) in [5.74, 6) is -0.389. The number of azo groups is 1. The lowest BCUT2D eigenvalue weighted by Gasteiger charge is -2.22. The average Bonchev–Trinajstić information content (AvgIpc) is 2.72. The number of hydrogen-bond donors (Lipinski definition) is 1. The molecule has 11 nitrogen and oxygen atoms in total. The molecule has 0 bridgehead atoms. The number of nitro benzene ring substituents is 1. The van der Waals surface area contributed by atoms with E-state index in [0.717, 1.165) is 5.69 Å². The van der Waals surface area contributed by atoms with Crippen LogP contribution in [0.15, 0.2) is 45.5 Å². The second-order valence-corrected chi connectivity index (χ2v) is 7.75. The molecule has 1 amide bonds. The topological polar surface area (TPSA) is 158 Å². The predicted molar refractivity (Wildman–Crippen MR) is 115 cm³/mol. The number of nitriles is 1. The normalized spacial score (nSPS) is 11.2. The van der Waals surface area contributed by atoms with Gasteiger partial charge in [-0.15, -0.1) is 14.1 Å². The number of amides is 1. The molecule has 0 aromatic heterocycles. The van der Waals surface area contributed by atoms with Gasteiger partial charge in [0.15, 0.2) is 5.69 Å². The first-order chi connectivity index (χ1) is 15.0. The van der Waals surface area contributed by atoms with Crippen LogP contribution in [0.2, 0.25) is 0 Å². The Morgan fingerprint density at radius 2 is 1.91 bits per heavy atom. The van der Waals surface area contributed by atoms with E-state index in [1.54, 1.807) is 18.2 Å². The summed E-state index contributed by atoms with van der Waals surface area (Å²) in [4.78, 5) is 23.0. The zero-order valence-corrected chi connectivity index (χ0v) is 18.2. The van der Waals surface area contributed by atoms with Crippen molar-refractivity contribution in [1.82, 2.24) is 0 Å². The summed E-state index contributed by atoms with van der Waals surface area (Å²) in [5.41, 5.74) is -0.818. The molecule has 0 saturated heterocycles. The fraction of sp³-hybridized carbons (Fsp3) is 0.263. The first-order valence-corrected chi connectivity index (χ1v) is 10.7. The molecule has 0 radical (unpaired) electrons. The second-order valence-electron chi connectivity index (χ2n) is 6.40. The van der Waals surface area contributed by atoms with E-state index in [1.807, 2.05) is 18.7 Å². The van der Waals surface area contributed by atoms with E-state index >= 15 is 0 Å². The van der Waals surface area contributed by atoms with Crippen molar-refractivity contribution in [2.24, 2.45) is 10.2 Å². The summed E-state index contributed by atoms with van der Waals surface area (Å²) >= 11 is 0. The zero-order valence-electron chi connectivity index (χ0n) is 17.4. The summed E-state index contributed by atoms with van der Waals surface area (Å²) < 4.78 is 35.6. The summed E-state index contributed by atoms with van der Waals surface area (Å²) in [5, 5.41) is 30.9. The molecule has 0 atom stereocenters. The number of nitrogens with zero attached hydrogens (tertiary/aromatic N) is 5. The number of rotatable bonds is 8. The van der Waals surface area contributed by atoms with Crippen LogP contribution >= 0.6 is 0 Å². The van der Waals surface area contributed by atoms with Crippen LogP contribution in [-0.2, 0) is 15.0 Å². The first kappa shape index (κ1) is 24.4. The fourth-order valence-corrected chi connectivity index (χ4v) is 3.36. The highest BCUT2D eigenvalue weighted by atomic mass is 32.3. The molecule has 0 aliphatic rings. The monoisotopic (exact) mass is 462 g/mol. The summed E-state index contributed by atoms with van der Waals surface area (Å²) in [6.45, 7) is 6.62. The Kier molecular flexibility index (Phi) is 7.55. The van der Waals surface area contributed by atoms with E-state index < -0.39 is 37.0 Å². The fourth-order valence-electron chi connectivity index (χ4n) is 2.85. The van der Waals surface area contributed by atoms with E-state index in [2.05, 4.69) is 15.5 Å². The minimum absolute atomic E-state index is 0.136. The number of carbonyl (C=O) groups excluding carboxylic acids is 1. The van der Waals surface area contributed by atoms with E-state index in [1.165, 1.54) is 13.0 Å². The van der Waals surface area contributed by atoms with Crippen molar-refractivity contribution in [2.45, 2.75) is 25.7 Å². The number of nitrogens with one attached hydrogen (secondary N) is 1. The molecular formula is C19H19FN6O5S. The van der Waals surface area contributed by atoms with Crippen LogP contribution in [0.5, 0.6) is 0 Å². The van der Waals surface area contributed by atoms with Gasteiger partial charge in [-0.25, -0.2) is 0 Å². The molecule has 0 saturated carbocycles. The third kappa shape index (κ3) is 5.61. The quantitative estimate of drug-likeness (QED) is 0.264. The molecule has 2 rings (SSSR count). The molecule has 1 N–H and O–H groups in total. The number of hydrogen-bond acceptors (Lipinski definition) is 9. The van der Waals surface area contributed by atoms with Crippen LogP contribution in [0.3, 0.4) is 0 Å². The van der Waals surface area contributed by atoms with Gasteiger partial charge in [0.2, 0.25) is 5.91 Å². The van der Waals surface area contributed by atoms with Crippen LogP contribution in [-0.4, -0.2) is 32.3 Å². The highest BCUT2D eigenvalue weighted by molar-refractivity contribution is 7.86. The maximum absolute atomic E-state index is 13.3. The van der Waals surface area contributed by atoms with Crippen molar-refractivity contribution in [1.29, 1.82) is 5.26 Å². The average molecular weight is 462 g/mol. The molecule has 0 aliphatic heterocycles. The van der Waals surface area contributed by atoms with Crippen LogP contribution < -0.4 is 10.2 Å². The summed E-state index contributed by atoms with van der Waals surface area (Å²) in [6, 6.07) is 7.55. The van der Waals surface area contributed by atoms with Gasteiger partial charge in [0, 0.05) is 31.8 Å². The Morgan fingerprint density at radius 1 is 1.25 bits per heavy atom. The smallest absolute Gasteiger partial charge is 0.332 e. The second kappa shape index (κ2) is 9.92. The van der Waals surface area contributed by atoms with Crippen molar-refractivity contribution in [2.75, 3.05) is 23.3 Å². The molecule has 2 aromatic rings. The van der Waals surface area contributed by atoms with Gasteiger partial charge >= 0.3 is 10.2 Å². The maximum atomic E-state index is 13.3. The Morgan fingerprint density at radius 3 is 2.41 bits per heavy atom. The van der Waals surface area contributed by atoms with Gasteiger partial charge in [-0.3, -0.25) is 14.9 Å². The van der Waals surface area contributed by atoms with Gasteiger partial charge in [-0.05, 0) is 38.1 Å². The predicted octanol–water partition coefficient (Wildman–Crippen LogP) is 4.34. The van der Waals surface area contributed by atoms with Crippen molar-refractivity contribution in [3.8, 4) is 6.07 Å². The van der Waals surface area contributed by atoms with Crippen LogP contribution in [0.25, 0.3) is 0 Å². The lowest BCUT2D eigenvalue weighted by molar-refractivity contribution is -0.384. The van der Waals surface area contributed by atoms with Gasteiger partial charge in [0.05, 0.1) is 16.2 Å². The highest BCUT2D eigenvalue weighted by Crippen LogP contribution is 2.37. The largest absolute Gasteiger partial charge is 0.372 e. The zero-order chi connectivity index (χ0) is 24.1. The van der Waals surface area contributed by atoms with E-state index in [-0.39, 0.29) is 17.3 Å². The molecule has 2 aromatic carbocycles. The molecule has 0 heterocycles. The van der Waals surface area contributed by atoms with Gasteiger partial charge in [0.1, 0.15) is 16.7 Å². The number of benzene rings is 2. The molecule has 0 fully saturated rings. The number of carbonyl (C=O) groups is 1. The van der Waals surface area contributed by atoms with Crippen molar-refractivity contribution in [3.05, 3.63) is 46.0 Å². The van der Waals surface area contributed by atoms with E-state index in [4.69, 9.17) is 0 Å². The maximum Gasteiger partial charge on any atom is 0.332 e. The Labute approximate surface area is 183 Å². The summed E-state index contributed by atoms with van der Waals surface area (Å²) in [6.07, 6.45) is 0. The lowest BCUT2D eigenvalue weighted by atomic mass is 10.1. The van der Waals surface area contributed by atoms with Gasteiger partial charge in [-0.1, -0.05) is 0 Å². The van der Waals surface area contributed by atoms with Gasteiger partial charge in [-0.2, -0.15) is 13.7 Å². The van der Waals surface area contributed by atoms with E-state index in [9.17, 15) is 32.5 Å². The highest BCUT2D eigenvalue weighted by Gasteiger charge is 2.25. The minimum atomic E-state index is -5.29. The van der Waals surface area contributed by atoms with Crippen LogP contribution in [0.4, 0.5) is 32.3 Å².